The van der Waals surface area contributed by atoms with Gasteiger partial charge in [-0.25, -0.2) is 0 Å². The Balaban J connectivity index is 8.81. The van der Waals surface area contributed by atoms with Crippen molar-refractivity contribution in [3.05, 3.63) is 0 Å². The quantitative estimate of drug-likeness (QED) is 0.0472. The fourth-order valence-electron chi connectivity index (χ4n) is 2.93. The highest BCUT2D eigenvalue weighted by Gasteiger charge is 2.50. The molecule has 94 heavy (non-hydrogen) atoms. The molecule has 0 aliphatic heterocycles. The zero-order valence-corrected chi connectivity index (χ0v) is 117. The summed E-state index contributed by atoms with van der Waals surface area (Å²) in [4.78, 5) is 0. The highest BCUT2D eigenvalue weighted by molar-refractivity contribution is 14.2. The first kappa shape index (κ1) is 119. The smallest absolute Gasteiger partial charge is 0.0451 e. The maximum absolute atomic E-state index is 6.22. The van der Waals surface area contributed by atoms with E-state index in [1.165, 1.54) is 0 Å². The summed E-state index contributed by atoms with van der Waals surface area (Å²) in [7, 11) is -1.48. The van der Waals surface area contributed by atoms with Crippen molar-refractivity contribution in [2.24, 2.45) is 0 Å². The minimum atomic E-state index is -4.18. The van der Waals surface area contributed by atoms with Gasteiger partial charge in [0.05, 0.1) is 0 Å². The van der Waals surface area contributed by atoms with Gasteiger partial charge >= 0.3 is 0 Å². The van der Waals surface area contributed by atoms with E-state index >= 15 is 0 Å². The Morgan fingerprint density at radius 3 is 0.266 bits per heavy atom. The summed E-state index contributed by atoms with van der Waals surface area (Å²) in [5.41, 5.74) is 0. The van der Waals surface area contributed by atoms with Crippen LogP contribution in [0, 0.1) is 0 Å². The van der Waals surface area contributed by atoms with Crippen LogP contribution in [-0.2, 0) is 844 Å². The fourth-order valence-corrected chi connectivity index (χ4v) is 721. The van der Waals surface area contributed by atoms with Crippen LogP contribution in [0.2, 0.25) is 0 Å². The molecule has 0 aromatic rings. The minimum Gasteiger partial charge on any atom is -0.0948 e. The van der Waals surface area contributed by atoms with Gasteiger partial charge in [-0.15, -0.1) is 0 Å². The minimum absolute atomic E-state index is 1.48. The predicted octanol–water partition coefficient (Wildman–Crippen LogP) is 1.05. The van der Waals surface area contributed by atoms with Gasteiger partial charge in [0.25, 0.3) is 0 Å². The van der Waals surface area contributed by atoms with E-state index in [0.717, 1.165) is 0 Å². The second-order valence-electron chi connectivity index (χ2n) is 12.4. The first-order chi connectivity index (χ1) is 39.2. The lowest BCUT2D eigenvalue weighted by Gasteiger charge is -2.37. The van der Waals surface area contributed by atoms with Gasteiger partial charge in [-0.1, -0.05) is 11.7 Å². The highest BCUT2D eigenvalue weighted by atomic mass is 127. The molecule has 566 valence electrons. The Morgan fingerprint density at radius 2 is 0.202 bits per heavy atom. The van der Waals surface area contributed by atoms with Crippen molar-refractivity contribution in [3.8, 4) is 0 Å². The second-order valence-corrected chi connectivity index (χ2v) is 342. The van der Waals surface area contributed by atoms with E-state index in [0.29, 0.717) is 0 Å². The molecule has 1 atom stereocenters. The van der Waals surface area contributed by atoms with Crippen LogP contribution in [0.25, 0.3) is 0 Å². The van der Waals surface area contributed by atoms with E-state index in [2.05, 4.69) is 11.7 Å². The number of hydrogen-bond donors (Lipinski definition) is 1. The van der Waals surface area contributed by atoms with E-state index in [9.17, 15) is 0 Å². The standard InChI is InChI=1S/HIS93/c1-65(4,5)67(8,9)69(12,13)71(16,17)73(20,21)75(24,25)77(28,29)79(32,33)81(36,37)83(40,41)85(44,45)87(48,49)89(52,53)91(56,57)93(60,61)94(62,63)92(58,59)90(54,55)88(50,51)86(46,47)84(42,43)82(38,39)80(34,35)78(30,31)76(26,27)74(22,23)72(18,19)70(14,15)68(10,11)66(6,7)64(2)3/h(H,2,3). The summed E-state index contributed by atoms with van der Waals surface area (Å²) < 4.78 is -2.76. The van der Waals surface area contributed by atoms with E-state index in [-0.39, 0.29) is 0 Å². The lowest BCUT2D eigenvalue weighted by molar-refractivity contribution is 4.96. The second kappa shape index (κ2) is 37.5. The van der Waals surface area contributed by atoms with Crippen molar-refractivity contribution >= 4 is 877 Å². The fraction of sp³-hybridized carbons (Fsp3) is 0. The summed E-state index contributed by atoms with van der Waals surface area (Å²) in [6, 6.07) is 0. The number of halogens is 1. The van der Waals surface area contributed by atoms with Crippen molar-refractivity contribution in [3.63, 3.8) is 0 Å². The van der Waals surface area contributed by atoms with Crippen molar-refractivity contribution in [2.45, 2.75) is 0 Å². The summed E-state index contributed by atoms with van der Waals surface area (Å²) >= 11 is 376. The molecule has 0 radical (unpaired) electrons. The molecule has 1 unspecified atom stereocenters. The molecule has 0 heterocycles. The lowest BCUT2D eigenvalue weighted by atomic mass is 29.7. The molecule has 0 fully saturated rings. The Hall–Kier alpha value is 25.3. The Bertz CT molecular complexity index is 7280. The molecule has 0 rings (SSSR count). The number of thiol groups is 1. The largest absolute Gasteiger partial charge is 0.0948 e. The van der Waals surface area contributed by atoms with E-state index in [1.807, 2.05) is 0 Å². The van der Waals surface area contributed by atoms with Crippen LogP contribution in [-0.4, -0.2) is 0 Å². The normalized spacial score (nSPS) is 17.3. The van der Waals surface area contributed by atoms with Crippen molar-refractivity contribution < 1.29 is 0 Å². The summed E-state index contributed by atoms with van der Waals surface area (Å²) in [5.74, 6) is 0. The number of rotatable bonds is 30. The van der Waals surface area contributed by atoms with Crippen LogP contribution >= 0.6 is 32.9 Å². The van der Waals surface area contributed by atoms with Gasteiger partial charge in [0.1, 0.15) is 0 Å². The molecular weight excluding hydrogens is 3110 g/mol. The van der Waals surface area contributed by atoms with Gasteiger partial charge in [0, 0.05) is 183 Å². The van der Waals surface area contributed by atoms with Gasteiger partial charge in [0.2, 0.25) is 0 Å². The van der Waals surface area contributed by atoms with Gasteiger partial charge in [-0.3, -0.25) is 0 Å². The molecule has 0 N–H and O–H groups in total. The summed E-state index contributed by atoms with van der Waals surface area (Å²) in [6.07, 6.45) is 0. The van der Waals surface area contributed by atoms with Gasteiger partial charge in [-0.05, 0) is 682 Å². The zero-order valence-electron chi connectivity index (χ0n) is 38.4. The first-order valence-corrected chi connectivity index (χ1v) is 141. The third kappa shape index (κ3) is 18.6. The van der Waals surface area contributed by atoms with Gasteiger partial charge < -0.3 is 0 Å². The molecule has 0 saturated heterocycles. The van der Waals surface area contributed by atoms with Crippen LogP contribution in [0.1, 0.15) is 0 Å². The van der Waals surface area contributed by atoms with Gasteiger partial charge in [0.15, 0.2) is 0 Å². The van der Waals surface area contributed by atoms with E-state index in [1.54, 1.807) is 21.2 Å². The third-order valence-corrected chi connectivity index (χ3v) is 609. The SMILES string of the molecule is S=S(S)S(=S)(=S)S(=S)(=S)S(=S)(=S)S(=S)(=S)S(=S)(=S)S(=S)(=S)S(=S)(=S)S(=S)(=S)S(=S)(=S)S(=S)(=S)S(=S)(=S)S(=S)(=S)S(=S)(=S)S(=S)(=S)S(=S)(=S)S(=S)(=S)S(=S)(=S)S(=S)(=S)S(=S)(=S)S(=S)(=S)S(=S)(=S)S(=S)(=S)S(=S)(=S)S(=S)(=S)S(=S)(=S)S(=S)(=S)S(=S)(=S)S(=S)(=S)S(=S)(=S)S(=S)(=S)I. The van der Waals surface area contributed by atoms with Crippen molar-refractivity contribution in [1.29, 1.82) is 0 Å². The Morgan fingerprint density at radius 1 is 0.138 bits per heavy atom. The summed E-state index contributed by atoms with van der Waals surface area (Å²) in [5, 5.41) is -114. The average Bonchev–Trinajstić information content (AvgIpc) is 0.683. The molecule has 0 aromatic heterocycles. The molecule has 0 aliphatic rings. The molecule has 0 aliphatic carbocycles. The zero-order chi connectivity index (χ0) is 78.6. The number of hydrogen-bond acceptors (Lipinski definition) is 61. The van der Waals surface area contributed by atoms with E-state index < -0.39 is 162 Å². The average molecular weight is 3110 g/mol. The molecule has 94 heteroatoms. The van der Waals surface area contributed by atoms with Crippen LogP contribution in [0.5, 0.6) is 0 Å². The third-order valence-electron chi connectivity index (χ3n) is 7.42. The monoisotopic (exact) mass is 3100 g/mol. The maximum Gasteiger partial charge on any atom is 0.0451 e. The molecule has 0 bridgehead atoms. The molecule has 0 aromatic carbocycles. The van der Waals surface area contributed by atoms with E-state index in [4.69, 9.17) is 682 Å². The summed E-state index contributed by atoms with van der Waals surface area (Å²) in [6.45, 7) is 0. The predicted molar refractivity (Wildman–Crippen MR) is 701 cm³/mol. The van der Waals surface area contributed by atoms with Crippen LogP contribution in [0.4, 0.5) is 0 Å². The molecule has 0 nitrogen and oxygen atoms in total. The highest BCUT2D eigenvalue weighted by Crippen LogP contribution is 2.46. The maximum atomic E-state index is 6.22. The van der Waals surface area contributed by atoms with Crippen LogP contribution in [0.3, 0.4) is 0 Å². The molecule has 0 amide bonds. The lowest BCUT2D eigenvalue weighted by Crippen LogP contribution is -2.41. The van der Waals surface area contributed by atoms with Crippen molar-refractivity contribution in [1.82, 2.24) is 0 Å². The van der Waals surface area contributed by atoms with Crippen LogP contribution in [0.15, 0.2) is 0 Å². The van der Waals surface area contributed by atoms with Crippen molar-refractivity contribution in [2.75, 3.05) is 0 Å². The molecular formula is HIS93. The Labute approximate surface area is 850 Å². The van der Waals surface area contributed by atoms with Gasteiger partial charge in [-0.2, -0.15) is 0 Å². The molecule has 0 saturated carbocycles. The topological polar surface area (TPSA) is 0 Å². The Kier molecular flexibility index (Phi) is 47.7. The van der Waals surface area contributed by atoms with Crippen LogP contribution < -0.4 is 0 Å². The molecule has 0 spiro atoms. The first-order valence-electron chi connectivity index (χ1n) is 15.5.